The molecule has 2 fully saturated rings. The molecule has 1 spiro atoms. The van der Waals surface area contributed by atoms with Crippen LogP contribution < -0.4 is 0 Å². The van der Waals surface area contributed by atoms with Crippen molar-refractivity contribution in [3.63, 3.8) is 0 Å². The Bertz CT molecular complexity index is 776. The Labute approximate surface area is 158 Å². The summed E-state index contributed by atoms with van der Waals surface area (Å²) in [5.74, 6) is 0.731. The maximum atomic E-state index is 13.8. The van der Waals surface area contributed by atoms with Gasteiger partial charge in [0.2, 0.25) is 0 Å². The molecule has 2 aliphatic rings. The summed E-state index contributed by atoms with van der Waals surface area (Å²) < 4.78 is 25.4. The van der Waals surface area contributed by atoms with Crippen LogP contribution in [0.5, 0.6) is 0 Å². The number of carbonyl (C=O) groups excluding carboxylic acids is 1. The van der Waals surface area contributed by atoms with Gasteiger partial charge in [0.1, 0.15) is 17.2 Å². The van der Waals surface area contributed by atoms with Gasteiger partial charge in [-0.25, -0.2) is 4.39 Å². The number of hydrogen-bond donors (Lipinski definition) is 0. The van der Waals surface area contributed by atoms with Gasteiger partial charge in [-0.2, -0.15) is 0 Å². The lowest BCUT2D eigenvalue weighted by atomic mass is 9.82. The van der Waals surface area contributed by atoms with Crippen molar-refractivity contribution in [1.82, 2.24) is 9.80 Å². The topological polar surface area (TPSA) is 45.9 Å². The highest BCUT2D eigenvalue weighted by atomic mass is 19.1. The van der Waals surface area contributed by atoms with E-state index in [1.54, 1.807) is 23.3 Å². The van der Waals surface area contributed by atoms with Gasteiger partial charge < -0.3 is 14.1 Å². The lowest BCUT2D eigenvalue weighted by Crippen LogP contribution is -2.66. The molecule has 2 saturated heterocycles. The molecule has 1 aromatic carbocycles. The number of rotatable bonds is 5. The first-order valence-corrected chi connectivity index (χ1v) is 9.43. The highest BCUT2D eigenvalue weighted by molar-refractivity contribution is 5.95. The zero-order chi connectivity index (χ0) is 18.9. The normalized spacial score (nSPS) is 21.4. The summed E-state index contributed by atoms with van der Waals surface area (Å²) >= 11 is 0. The summed E-state index contributed by atoms with van der Waals surface area (Å²) in [6.07, 6.45) is 3.71. The van der Waals surface area contributed by atoms with Gasteiger partial charge in [-0.1, -0.05) is 12.1 Å². The fourth-order valence-corrected chi connectivity index (χ4v) is 4.08. The molecule has 144 valence electrons. The van der Waals surface area contributed by atoms with E-state index < -0.39 is 5.82 Å². The van der Waals surface area contributed by atoms with Crippen LogP contribution in [0.3, 0.4) is 0 Å². The second kappa shape index (κ2) is 7.44. The third-order valence-electron chi connectivity index (χ3n) is 5.56. The Hall–Kier alpha value is -2.18. The minimum absolute atomic E-state index is 0.139. The zero-order valence-corrected chi connectivity index (χ0v) is 15.6. The van der Waals surface area contributed by atoms with E-state index in [2.05, 4.69) is 11.9 Å². The summed E-state index contributed by atoms with van der Waals surface area (Å²) in [6, 6.07) is 10.0. The Morgan fingerprint density at radius 1 is 1.30 bits per heavy atom. The van der Waals surface area contributed by atoms with Crippen LogP contribution in [-0.2, 0) is 11.3 Å². The lowest BCUT2D eigenvalue weighted by Gasteiger charge is -2.53. The first-order valence-electron chi connectivity index (χ1n) is 9.43. The van der Waals surface area contributed by atoms with Crippen LogP contribution in [-0.4, -0.2) is 54.6 Å². The molecule has 6 heteroatoms. The third-order valence-corrected chi connectivity index (χ3v) is 5.56. The average molecular weight is 372 g/mol. The SMILES string of the molecule is CN(Cc1ccco1)C[C@@H]1CCC2(CN(C(=O)c3ccccc3F)C2)OC1. The van der Waals surface area contributed by atoms with E-state index in [0.717, 1.165) is 31.7 Å². The van der Waals surface area contributed by atoms with Crippen molar-refractivity contribution in [3.05, 3.63) is 59.8 Å². The van der Waals surface area contributed by atoms with Gasteiger partial charge in [0.25, 0.3) is 5.91 Å². The van der Waals surface area contributed by atoms with E-state index in [1.165, 1.54) is 12.1 Å². The van der Waals surface area contributed by atoms with Gasteiger partial charge in [0, 0.05) is 6.54 Å². The van der Waals surface area contributed by atoms with Crippen LogP contribution in [0.25, 0.3) is 0 Å². The van der Waals surface area contributed by atoms with Crippen molar-refractivity contribution in [2.45, 2.75) is 25.0 Å². The van der Waals surface area contributed by atoms with Gasteiger partial charge in [0.15, 0.2) is 0 Å². The Morgan fingerprint density at radius 3 is 2.78 bits per heavy atom. The molecule has 0 radical (unpaired) electrons. The summed E-state index contributed by atoms with van der Waals surface area (Å²) in [6.45, 7) is 3.54. The fourth-order valence-electron chi connectivity index (χ4n) is 4.08. The van der Waals surface area contributed by atoms with Gasteiger partial charge in [-0.3, -0.25) is 9.69 Å². The van der Waals surface area contributed by atoms with Gasteiger partial charge in [-0.15, -0.1) is 0 Å². The van der Waals surface area contributed by atoms with Crippen molar-refractivity contribution in [2.75, 3.05) is 33.3 Å². The summed E-state index contributed by atoms with van der Waals surface area (Å²) in [7, 11) is 2.09. The van der Waals surface area contributed by atoms with E-state index in [-0.39, 0.29) is 17.1 Å². The number of carbonyl (C=O) groups is 1. The quantitative estimate of drug-likeness (QED) is 0.809. The predicted octanol–water partition coefficient (Wildman–Crippen LogP) is 3.17. The van der Waals surface area contributed by atoms with Crippen LogP contribution in [0.4, 0.5) is 4.39 Å². The van der Waals surface area contributed by atoms with E-state index in [0.29, 0.717) is 25.6 Å². The van der Waals surface area contributed by atoms with Crippen molar-refractivity contribution < 1.29 is 18.3 Å². The third kappa shape index (κ3) is 3.92. The molecule has 2 aliphatic heterocycles. The molecule has 27 heavy (non-hydrogen) atoms. The molecule has 0 bridgehead atoms. The second-order valence-corrected chi connectivity index (χ2v) is 7.82. The summed E-state index contributed by atoms with van der Waals surface area (Å²) in [5.41, 5.74) is -0.0997. The van der Waals surface area contributed by atoms with E-state index in [9.17, 15) is 9.18 Å². The molecule has 0 saturated carbocycles. The minimum atomic E-state index is -0.465. The zero-order valence-electron chi connectivity index (χ0n) is 15.6. The number of amides is 1. The van der Waals surface area contributed by atoms with Crippen molar-refractivity contribution >= 4 is 5.91 Å². The van der Waals surface area contributed by atoms with Crippen LogP contribution in [0.15, 0.2) is 47.1 Å². The molecular weight excluding hydrogens is 347 g/mol. The first kappa shape index (κ1) is 18.2. The molecule has 1 amide bonds. The molecule has 0 aliphatic carbocycles. The van der Waals surface area contributed by atoms with Crippen LogP contribution >= 0.6 is 0 Å². The van der Waals surface area contributed by atoms with Crippen molar-refractivity contribution in [2.24, 2.45) is 5.92 Å². The maximum Gasteiger partial charge on any atom is 0.257 e. The predicted molar refractivity (Wildman–Crippen MR) is 98.8 cm³/mol. The van der Waals surface area contributed by atoms with Gasteiger partial charge >= 0.3 is 0 Å². The summed E-state index contributed by atoms with van der Waals surface area (Å²) in [4.78, 5) is 16.4. The van der Waals surface area contributed by atoms with E-state index >= 15 is 0 Å². The Balaban J connectivity index is 1.24. The molecular formula is C21H25FN2O3. The lowest BCUT2D eigenvalue weighted by molar-refractivity contribution is -0.168. The smallest absolute Gasteiger partial charge is 0.257 e. The first-order chi connectivity index (χ1) is 13.0. The van der Waals surface area contributed by atoms with Crippen LogP contribution in [0, 0.1) is 11.7 Å². The highest BCUT2D eigenvalue weighted by Crippen LogP contribution is 2.37. The average Bonchev–Trinajstić information content (AvgIpc) is 3.13. The number of furan rings is 1. The number of hydrogen-bond acceptors (Lipinski definition) is 4. The molecule has 5 nitrogen and oxygen atoms in total. The maximum absolute atomic E-state index is 13.8. The highest BCUT2D eigenvalue weighted by Gasteiger charge is 2.48. The van der Waals surface area contributed by atoms with Crippen LogP contribution in [0.2, 0.25) is 0 Å². The van der Waals surface area contributed by atoms with Crippen LogP contribution in [0.1, 0.15) is 29.0 Å². The molecule has 2 aromatic rings. The monoisotopic (exact) mass is 372 g/mol. The number of nitrogens with zero attached hydrogens (tertiary/aromatic N) is 2. The molecule has 3 heterocycles. The number of ether oxygens (including phenoxy) is 1. The van der Waals surface area contributed by atoms with Crippen molar-refractivity contribution in [1.29, 1.82) is 0 Å². The second-order valence-electron chi connectivity index (χ2n) is 7.82. The van der Waals surface area contributed by atoms with E-state index in [4.69, 9.17) is 9.15 Å². The number of benzene rings is 1. The van der Waals surface area contributed by atoms with E-state index in [1.807, 2.05) is 12.1 Å². The van der Waals surface area contributed by atoms with Crippen molar-refractivity contribution in [3.8, 4) is 0 Å². The number of halogens is 1. The molecule has 0 N–H and O–H groups in total. The minimum Gasteiger partial charge on any atom is -0.468 e. The summed E-state index contributed by atoms with van der Waals surface area (Å²) in [5, 5.41) is 0. The molecule has 1 atom stereocenters. The Kier molecular flexibility index (Phi) is 5.02. The van der Waals surface area contributed by atoms with Gasteiger partial charge in [0.05, 0.1) is 38.1 Å². The Morgan fingerprint density at radius 2 is 2.11 bits per heavy atom. The molecule has 4 rings (SSSR count). The van der Waals surface area contributed by atoms with Gasteiger partial charge in [-0.05, 0) is 50.1 Å². The largest absolute Gasteiger partial charge is 0.468 e. The standard InChI is InChI=1S/C21H25FN2O3/c1-23(12-17-5-4-10-26-17)11-16-8-9-21(27-13-16)14-24(15-21)20(25)18-6-2-3-7-19(18)22/h2-7,10,16H,8-9,11-15H2,1H3/t16-/m0/s1. The molecule has 1 aromatic heterocycles. The molecule has 0 unspecified atom stereocenters. The number of likely N-dealkylation sites (tertiary alicyclic amines) is 1. The fraction of sp³-hybridized carbons (Fsp3) is 0.476.